The fourth-order valence-electron chi connectivity index (χ4n) is 2.18. The Bertz CT molecular complexity index is 475. The maximum Gasteiger partial charge on any atom is 0.311 e. The van der Waals surface area contributed by atoms with Crippen molar-refractivity contribution >= 4 is 5.69 Å². The summed E-state index contributed by atoms with van der Waals surface area (Å²) in [6, 6.07) is 4.97. The van der Waals surface area contributed by atoms with Gasteiger partial charge in [0.1, 0.15) is 0 Å². The monoisotopic (exact) mass is 296 g/mol. The zero-order chi connectivity index (χ0) is 15.9. The Labute approximate surface area is 125 Å². The number of nitrogens with zero attached hydrogens (tertiary/aromatic N) is 1. The first-order valence-electron chi connectivity index (χ1n) is 7.02. The van der Waals surface area contributed by atoms with Crippen LogP contribution in [0.2, 0.25) is 0 Å². The predicted molar refractivity (Wildman–Crippen MR) is 81.5 cm³/mol. The lowest BCUT2D eigenvalue weighted by molar-refractivity contribution is -0.385. The molecule has 0 radical (unpaired) electrons. The standard InChI is InChI=1S/C15H24N2O4/c1-15(2,7-4-8-18)11-16-10-12-5-6-14(21-3)13(9-12)17(19)20/h5-6,9,16,18H,4,7-8,10-11H2,1-3H3. The number of rotatable bonds is 9. The second-order valence-corrected chi connectivity index (χ2v) is 5.86. The van der Waals surface area contributed by atoms with E-state index in [1.807, 2.05) is 6.07 Å². The van der Waals surface area contributed by atoms with Crippen molar-refractivity contribution in [2.45, 2.75) is 33.2 Å². The molecule has 1 rings (SSSR count). The van der Waals surface area contributed by atoms with Crippen LogP contribution in [-0.2, 0) is 6.54 Å². The van der Waals surface area contributed by atoms with Gasteiger partial charge in [0.15, 0.2) is 5.75 Å². The summed E-state index contributed by atoms with van der Waals surface area (Å²) in [6.45, 7) is 5.81. The highest BCUT2D eigenvalue weighted by Gasteiger charge is 2.18. The molecule has 0 aliphatic heterocycles. The minimum absolute atomic E-state index is 0.0173. The van der Waals surface area contributed by atoms with E-state index in [0.717, 1.165) is 24.9 Å². The molecule has 0 aliphatic rings. The van der Waals surface area contributed by atoms with Crippen LogP contribution < -0.4 is 10.1 Å². The summed E-state index contributed by atoms with van der Waals surface area (Å²) in [6.07, 6.45) is 1.71. The number of hydrogen-bond acceptors (Lipinski definition) is 5. The van der Waals surface area contributed by atoms with Crippen LogP contribution in [-0.4, -0.2) is 30.3 Å². The zero-order valence-electron chi connectivity index (χ0n) is 12.9. The van der Waals surface area contributed by atoms with Gasteiger partial charge in [0, 0.05) is 25.8 Å². The van der Waals surface area contributed by atoms with Gasteiger partial charge in [0.2, 0.25) is 0 Å². The number of aliphatic hydroxyl groups excluding tert-OH is 1. The van der Waals surface area contributed by atoms with E-state index < -0.39 is 4.92 Å². The van der Waals surface area contributed by atoms with Gasteiger partial charge in [-0.2, -0.15) is 0 Å². The van der Waals surface area contributed by atoms with E-state index in [4.69, 9.17) is 9.84 Å². The molecular formula is C15H24N2O4. The maximum atomic E-state index is 11.0. The van der Waals surface area contributed by atoms with Gasteiger partial charge in [-0.3, -0.25) is 10.1 Å². The molecule has 0 aromatic heterocycles. The molecule has 21 heavy (non-hydrogen) atoms. The van der Waals surface area contributed by atoms with Crippen molar-refractivity contribution in [3.63, 3.8) is 0 Å². The molecule has 0 heterocycles. The van der Waals surface area contributed by atoms with Gasteiger partial charge in [0.05, 0.1) is 12.0 Å². The summed E-state index contributed by atoms with van der Waals surface area (Å²) in [4.78, 5) is 10.5. The van der Waals surface area contributed by atoms with Gasteiger partial charge < -0.3 is 15.2 Å². The third-order valence-corrected chi connectivity index (χ3v) is 3.38. The minimum atomic E-state index is -0.437. The molecule has 0 amide bonds. The lowest BCUT2D eigenvalue weighted by atomic mass is 9.88. The largest absolute Gasteiger partial charge is 0.490 e. The zero-order valence-corrected chi connectivity index (χ0v) is 12.9. The van der Waals surface area contributed by atoms with Crippen LogP contribution in [0.25, 0.3) is 0 Å². The maximum absolute atomic E-state index is 11.0. The summed E-state index contributed by atoms with van der Waals surface area (Å²) in [7, 11) is 1.42. The molecule has 0 unspecified atom stereocenters. The van der Waals surface area contributed by atoms with Crippen LogP contribution in [0, 0.1) is 15.5 Å². The van der Waals surface area contributed by atoms with Gasteiger partial charge in [0.25, 0.3) is 0 Å². The van der Waals surface area contributed by atoms with Crippen molar-refractivity contribution in [1.82, 2.24) is 5.32 Å². The van der Waals surface area contributed by atoms with Crippen LogP contribution in [0.4, 0.5) is 5.69 Å². The van der Waals surface area contributed by atoms with Gasteiger partial charge in [-0.05, 0) is 29.9 Å². The SMILES string of the molecule is COc1ccc(CNCC(C)(C)CCCO)cc1[N+](=O)[O-]. The normalized spacial score (nSPS) is 11.4. The van der Waals surface area contributed by atoms with Crippen LogP contribution in [0.1, 0.15) is 32.3 Å². The minimum Gasteiger partial charge on any atom is -0.490 e. The first-order chi connectivity index (χ1) is 9.89. The molecule has 0 bridgehead atoms. The summed E-state index contributed by atoms with van der Waals surface area (Å²) < 4.78 is 4.98. The van der Waals surface area contributed by atoms with Crippen molar-refractivity contribution in [3.05, 3.63) is 33.9 Å². The molecule has 6 heteroatoms. The highest BCUT2D eigenvalue weighted by Crippen LogP contribution is 2.27. The lowest BCUT2D eigenvalue weighted by Gasteiger charge is -2.24. The summed E-state index contributed by atoms with van der Waals surface area (Å²) >= 11 is 0. The molecule has 0 aliphatic carbocycles. The number of benzene rings is 1. The molecule has 0 spiro atoms. The number of nitrogens with one attached hydrogen (secondary N) is 1. The fraction of sp³-hybridized carbons (Fsp3) is 0.600. The number of nitro groups is 1. The van der Waals surface area contributed by atoms with Crippen LogP contribution in [0.5, 0.6) is 5.75 Å². The molecular weight excluding hydrogens is 272 g/mol. The average Bonchev–Trinajstić information content (AvgIpc) is 2.44. The van der Waals surface area contributed by atoms with E-state index in [9.17, 15) is 10.1 Å². The number of ether oxygens (including phenoxy) is 1. The summed E-state index contributed by atoms with van der Waals surface area (Å²) in [5.74, 6) is 0.270. The Balaban J connectivity index is 2.60. The third-order valence-electron chi connectivity index (χ3n) is 3.38. The second-order valence-electron chi connectivity index (χ2n) is 5.86. The third kappa shape index (κ3) is 5.69. The topological polar surface area (TPSA) is 84.6 Å². The van der Waals surface area contributed by atoms with E-state index in [-0.39, 0.29) is 23.5 Å². The Morgan fingerprint density at radius 2 is 2.14 bits per heavy atom. The van der Waals surface area contributed by atoms with Crippen LogP contribution >= 0.6 is 0 Å². The Kier molecular flexibility index (Phi) is 6.58. The molecule has 1 aromatic rings. The summed E-state index contributed by atoms with van der Waals surface area (Å²) in [5.41, 5.74) is 0.915. The Morgan fingerprint density at radius 1 is 1.43 bits per heavy atom. The van der Waals surface area contributed by atoms with Crippen molar-refractivity contribution < 1.29 is 14.8 Å². The van der Waals surface area contributed by atoms with E-state index in [2.05, 4.69) is 19.2 Å². The van der Waals surface area contributed by atoms with E-state index in [1.165, 1.54) is 13.2 Å². The number of hydrogen-bond donors (Lipinski definition) is 2. The van der Waals surface area contributed by atoms with Crippen LogP contribution in [0.15, 0.2) is 18.2 Å². The van der Waals surface area contributed by atoms with E-state index in [1.54, 1.807) is 6.07 Å². The average molecular weight is 296 g/mol. The smallest absolute Gasteiger partial charge is 0.311 e. The molecule has 118 valence electrons. The Morgan fingerprint density at radius 3 is 2.71 bits per heavy atom. The first-order valence-corrected chi connectivity index (χ1v) is 7.02. The predicted octanol–water partition coefficient (Wildman–Crippen LogP) is 2.49. The lowest BCUT2D eigenvalue weighted by Crippen LogP contribution is -2.29. The molecule has 0 fully saturated rings. The van der Waals surface area contributed by atoms with Crippen molar-refractivity contribution in [2.75, 3.05) is 20.3 Å². The van der Waals surface area contributed by atoms with Gasteiger partial charge >= 0.3 is 5.69 Å². The van der Waals surface area contributed by atoms with Gasteiger partial charge in [-0.15, -0.1) is 0 Å². The number of methoxy groups -OCH3 is 1. The molecule has 2 N–H and O–H groups in total. The first kappa shape index (κ1) is 17.4. The second kappa shape index (κ2) is 7.95. The Hall–Kier alpha value is -1.66. The number of aliphatic hydroxyl groups is 1. The fourth-order valence-corrected chi connectivity index (χ4v) is 2.18. The summed E-state index contributed by atoms with van der Waals surface area (Å²) in [5, 5.41) is 23.1. The van der Waals surface area contributed by atoms with Crippen molar-refractivity contribution in [2.24, 2.45) is 5.41 Å². The molecule has 0 saturated heterocycles. The number of nitro benzene ring substituents is 1. The van der Waals surface area contributed by atoms with Crippen LogP contribution in [0.3, 0.4) is 0 Å². The molecule has 6 nitrogen and oxygen atoms in total. The molecule has 1 aromatic carbocycles. The van der Waals surface area contributed by atoms with Gasteiger partial charge in [-0.25, -0.2) is 0 Å². The molecule has 0 saturated carbocycles. The quantitative estimate of drug-likeness (QED) is 0.540. The van der Waals surface area contributed by atoms with Crippen molar-refractivity contribution in [1.29, 1.82) is 0 Å². The molecule has 0 atom stereocenters. The van der Waals surface area contributed by atoms with Crippen molar-refractivity contribution in [3.8, 4) is 5.75 Å². The highest BCUT2D eigenvalue weighted by molar-refractivity contribution is 5.48. The van der Waals surface area contributed by atoms with E-state index >= 15 is 0 Å². The highest BCUT2D eigenvalue weighted by atomic mass is 16.6. The van der Waals surface area contributed by atoms with Gasteiger partial charge in [-0.1, -0.05) is 19.9 Å². The van der Waals surface area contributed by atoms with E-state index in [0.29, 0.717) is 6.54 Å².